The second-order valence-corrected chi connectivity index (χ2v) is 5.32. The summed E-state index contributed by atoms with van der Waals surface area (Å²) < 4.78 is 10.6. The minimum atomic E-state index is -0.464. The molecule has 20 heavy (non-hydrogen) atoms. The van der Waals surface area contributed by atoms with Crippen LogP contribution in [0.3, 0.4) is 0 Å². The first-order chi connectivity index (χ1) is 9.76. The number of nitrogens with one attached hydrogen (secondary N) is 1. The molecular weight excluding hydrogens is 254 g/mol. The highest BCUT2D eigenvalue weighted by Gasteiger charge is 2.08. The molecule has 0 saturated heterocycles. The standard InChI is InChI=1S/C16H29NO3/c1-3-5-7-14(4-2)10-17-11-15(18)12-19-13-16-8-6-9-20-16/h6,8-9,14-15,17-18H,3-5,7,10-13H2,1-2H3. The number of aliphatic hydroxyl groups excluding tert-OH is 1. The maximum atomic E-state index is 9.82. The van der Waals surface area contributed by atoms with E-state index in [1.807, 2.05) is 12.1 Å². The van der Waals surface area contributed by atoms with Gasteiger partial charge in [0.05, 0.1) is 19.0 Å². The van der Waals surface area contributed by atoms with Gasteiger partial charge in [-0.3, -0.25) is 0 Å². The lowest BCUT2D eigenvalue weighted by molar-refractivity contribution is 0.0223. The van der Waals surface area contributed by atoms with Gasteiger partial charge in [-0.15, -0.1) is 0 Å². The van der Waals surface area contributed by atoms with Crippen molar-refractivity contribution in [1.29, 1.82) is 0 Å². The normalized spacial score (nSPS) is 14.3. The van der Waals surface area contributed by atoms with Crippen molar-refractivity contribution in [3.63, 3.8) is 0 Å². The van der Waals surface area contributed by atoms with E-state index in [0.29, 0.717) is 25.7 Å². The first-order valence-electron chi connectivity index (χ1n) is 7.75. The van der Waals surface area contributed by atoms with Crippen molar-refractivity contribution < 1.29 is 14.3 Å². The number of hydrogen-bond donors (Lipinski definition) is 2. The third-order valence-electron chi connectivity index (χ3n) is 3.49. The highest BCUT2D eigenvalue weighted by Crippen LogP contribution is 2.11. The van der Waals surface area contributed by atoms with E-state index in [9.17, 15) is 5.11 Å². The molecule has 1 aromatic heterocycles. The fourth-order valence-electron chi connectivity index (χ4n) is 2.15. The zero-order valence-corrected chi connectivity index (χ0v) is 12.8. The Labute approximate surface area is 122 Å². The first-order valence-corrected chi connectivity index (χ1v) is 7.75. The Balaban J connectivity index is 2.02. The molecule has 0 aliphatic heterocycles. The van der Waals surface area contributed by atoms with Crippen LogP contribution < -0.4 is 5.32 Å². The molecule has 0 amide bonds. The molecule has 2 N–H and O–H groups in total. The van der Waals surface area contributed by atoms with Crippen molar-refractivity contribution in [2.24, 2.45) is 5.92 Å². The quantitative estimate of drug-likeness (QED) is 0.619. The van der Waals surface area contributed by atoms with Crippen LogP contribution in [0.15, 0.2) is 22.8 Å². The summed E-state index contributed by atoms with van der Waals surface area (Å²) >= 11 is 0. The van der Waals surface area contributed by atoms with Gasteiger partial charge < -0.3 is 19.6 Å². The Morgan fingerprint density at radius 2 is 2.20 bits per heavy atom. The summed E-state index contributed by atoms with van der Waals surface area (Å²) in [5, 5.41) is 13.2. The van der Waals surface area contributed by atoms with E-state index in [1.54, 1.807) is 6.26 Å². The monoisotopic (exact) mass is 283 g/mol. The van der Waals surface area contributed by atoms with Crippen LogP contribution in [0.25, 0.3) is 0 Å². The van der Waals surface area contributed by atoms with Gasteiger partial charge in [-0.05, 0) is 31.0 Å². The Bertz CT molecular complexity index is 314. The van der Waals surface area contributed by atoms with E-state index in [2.05, 4.69) is 19.2 Å². The van der Waals surface area contributed by atoms with E-state index in [4.69, 9.17) is 9.15 Å². The van der Waals surface area contributed by atoms with E-state index >= 15 is 0 Å². The van der Waals surface area contributed by atoms with Crippen molar-refractivity contribution >= 4 is 0 Å². The maximum absolute atomic E-state index is 9.82. The smallest absolute Gasteiger partial charge is 0.129 e. The minimum Gasteiger partial charge on any atom is -0.467 e. The third-order valence-corrected chi connectivity index (χ3v) is 3.49. The fraction of sp³-hybridized carbons (Fsp3) is 0.750. The van der Waals surface area contributed by atoms with Crippen molar-refractivity contribution in [1.82, 2.24) is 5.32 Å². The molecule has 4 heteroatoms. The Morgan fingerprint density at radius 1 is 1.35 bits per heavy atom. The average molecular weight is 283 g/mol. The molecule has 1 heterocycles. The van der Waals surface area contributed by atoms with Crippen LogP contribution >= 0.6 is 0 Å². The van der Waals surface area contributed by atoms with Crippen LogP contribution in [-0.2, 0) is 11.3 Å². The summed E-state index contributed by atoms with van der Waals surface area (Å²) in [6, 6.07) is 3.70. The summed E-state index contributed by atoms with van der Waals surface area (Å²) in [7, 11) is 0. The number of rotatable bonds is 12. The van der Waals surface area contributed by atoms with E-state index < -0.39 is 6.10 Å². The molecule has 2 unspecified atom stereocenters. The second-order valence-electron chi connectivity index (χ2n) is 5.32. The lowest BCUT2D eigenvalue weighted by atomic mass is 9.99. The van der Waals surface area contributed by atoms with Gasteiger partial charge in [-0.1, -0.05) is 33.1 Å². The average Bonchev–Trinajstić information content (AvgIpc) is 2.96. The molecule has 4 nitrogen and oxygen atoms in total. The number of aliphatic hydroxyl groups is 1. The van der Waals surface area contributed by atoms with Gasteiger partial charge in [0, 0.05) is 6.54 Å². The third kappa shape index (κ3) is 7.68. The summed E-state index contributed by atoms with van der Waals surface area (Å²) in [5.74, 6) is 1.50. The second kappa shape index (κ2) is 10.9. The molecule has 1 aromatic rings. The fourth-order valence-corrected chi connectivity index (χ4v) is 2.15. The molecule has 0 bridgehead atoms. The van der Waals surface area contributed by atoms with E-state index in [1.165, 1.54) is 25.7 Å². The highest BCUT2D eigenvalue weighted by molar-refractivity contribution is 4.96. The summed E-state index contributed by atoms with van der Waals surface area (Å²) in [5.41, 5.74) is 0. The molecule has 116 valence electrons. The van der Waals surface area contributed by atoms with Crippen molar-refractivity contribution in [2.45, 2.75) is 52.2 Å². The molecule has 0 saturated carbocycles. The zero-order chi connectivity index (χ0) is 14.6. The minimum absolute atomic E-state index is 0.333. The molecule has 0 aromatic carbocycles. The predicted molar refractivity (Wildman–Crippen MR) is 80.5 cm³/mol. The number of ether oxygens (including phenoxy) is 1. The van der Waals surface area contributed by atoms with Gasteiger partial charge in [0.1, 0.15) is 12.4 Å². The van der Waals surface area contributed by atoms with E-state index in [-0.39, 0.29) is 0 Å². The molecule has 2 atom stereocenters. The molecule has 0 radical (unpaired) electrons. The van der Waals surface area contributed by atoms with E-state index in [0.717, 1.165) is 12.3 Å². The molecular formula is C16H29NO3. The van der Waals surface area contributed by atoms with Crippen molar-refractivity contribution in [2.75, 3.05) is 19.7 Å². The lowest BCUT2D eigenvalue weighted by Gasteiger charge is -2.17. The number of furan rings is 1. The summed E-state index contributed by atoms with van der Waals surface area (Å²) in [6.45, 7) is 6.76. The number of unbranched alkanes of at least 4 members (excludes halogenated alkanes) is 1. The highest BCUT2D eigenvalue weighted by atomic mass is 16.5. The van der Waals surface area contributed by atoms with Gasteiger partial charge in [-0.2, -0.15) is 0 Å². The maximum Gasteiger partial charge on any atom is 0.129 e. The topological polar surface area (TPSA) is 54.6 Å². The number of hydrogen-bond acceptors (Lipinski definition) is 4. The van der Waals surface area contributed by atoms with Gasteiger partial charge >= 0.3 is 0 Å². The molecule has 0 spiro atoms. The molecule has 1 rings (SSSR count). The van der Waals surface area contributed by atoms with Gasteiger partial charge in [0.2, 0.25) is 0 Å². The van der Waals surface area contributed by atoms with Crippen LogP contribution in [0, 0.1) is 5.92 Å². The first kappa shape index (κ1) is 17.2. The van der Waals surface area contributed by atoms with Crippen LogP contribution in [0.4, 0.5) is 0 Å². The molecule has 0 fully saturated rings. The predicted octanol–water partition coefficient (Wildman–Crippen LogP) is 2.96. The molecule has 0 aliphatic carbocycles. The zero-order valence-electron chi connectivity index (χ0n) is 12.8. The summed E-state index contributed by atoms with van der Waals surface area (Å²) in [4.78, 5) is 0. The van der Waals surface area contributed by atoms with Gasteiger partial charge in [-0.25, -0.2) is 0 Å². The van der Waals surface area contributed by atoms with Crippen molar-refractivity contribution in [3.05, 3.63) is 24.2 Å². The largest absolute Gasteiger partial charge is 0.467 e. The van der Waals surface area contributed by atoms with Crippen LogP contribution in [0.2, 0.25) is 0 Å². The Morgan fingerprint density at radius 3 is 2.85 bits per heavy atom. The van der Waals surface area contributed by atoms with Gasteiger partial charge in [0.15, 0.2) is 0 Å². The van der Waals surface area contributed by atoms with Crippen molar-refractivity contribution in [3.8, 4) is 0 Å². The van der Waals surface area contributed by atoms with Crippen LogP contribution in [-0.4, -0.2) is 30.9 Å². The Kier molecular flexibility index (Phi) is 9.37. The lowest BCUT2D eigenvalue weighted by Crippen LogP contribution is -2.33. The van der Waals surface area contributed by atoms with Gasteiger partial charge in [0.25, 0.3) is 0 Å². The SMILES string of the molecule is CCCCC(CC)CNCC(O)COCc1ccco1. The van der Waals surface area contributed by atoms with Crippen LogP contribution in [0.1, 0.15) is 45.3 Å². The Hall–Kier alpha value is -0.840. The van der Waals surface area contributed by atoms with Crippen LogP contribution in [0.5, 0.6) is 0 Å². The molecule has 0 aliphatic rings. The summed E-state index contributed by atoms with van der Waals surface area (Å²) in [6.07, 6.45) is 6.16.